The van der Waals surface area contributed by atoms with E-state index in [9.17, 15) is 13.2 Å². The van der Waals surface area contributed by atoms with Crippen LogP contribution >= 0.6 is 0 Å². The van der Waals surface area contributed by atoms with Gasteiger partial charge in [-0.15, -0.1) is 0 Å². The Kier molecular flexibility index (Phi) is 3.75. The molecule has 1 fully saturated rings. The first kappa shape index (κ1) is 14.2. The summed E-state index contributed by atoms with van der Waals surface area (Å²) in [5.74, 6) is 0. The van der Waals surface area contributed by atoms with Crippen molar-refractivity contribution in [2.75, 3.05) is 37.6 Å². The maximum absolute atomic E-state index is 12.2. The normalized spacial score (nSPS) is 17.6. The summed E-state index contributed by atoms with van der Waals surface area (Å²) in [6.07, 6.45) is -3.15. The summed E-state index contributed by atoms with van der Waals surface area (Å²) in [4.78, 5) is 11.5. The lowest BCUT2D eigenvalue weighted by Crippen LogP contribution is -2.47. The van der Waals surface area contributed by atoms with Crippen LogP contribution in [0.25, 0.3) is 11.0 Å². The Balaban J connectivity index is 1.62. The second-order valence-electron chi connectivity index (χ2n) is 5.27. The maximum Gasteiger partial charge on any atom is 0.390 e. The van der Waals surface area contributed by atoms with Gasteiger partial charge in [-0.2, -0.15) is 13.2 Å². The fourth-order valence-corrected chi connectivity index (χ4v) is 2.70. The Labute approximate surface area is 120 Å². The number of piperazine rings is 1. The number of hydrogen-bond donors (Lipinski definition) is 1. The van der Waals surface area contributed by atoms with Crippen LogP contribution in [0.4, 0.5) is 18.9 Å². The lowest BCUT2D eigenvalue weighted by molar-refractivity contribution is -0.138. The van der Waals surface area contributed by atoms with E-state index in [2.05, 4.69) is 14.9 Å². The summed E-state index contributed by atoms with van der Waals surface area (Å²) in [6.45, 7) is 2.84. The number of nitrogens with one attached hydrogen (secondary N) is 1. The molecule has 4 nitrogen and oxygen atoms in total. The van der Waals surface area contributed by atoms with Crippen LogP contribution in [0.3, 0.4) is 0 Å². The maximum atomic E-state index is 12.2. The zero-order valence-corrected chi connectivity index (χ0v) is 11.5. The van der Waals surface area contributed by atoms with Crippen LogP contribution in [0.5, 0.6) is 0 Å². The zero-order valence-electron chi connectivity index (χ0n) is 11.5. The minimum atomic E-state index is -4.07. The lowest BCUT2D eigenvalue weighted by atomic mass is 10.2. The van der Waals surface area contributed by atoms with Gasteiger partial charge in [0.25, 0.3) is 0 Å². The summed E-state index contributed by atoms with van der Waals surface area (Å²) < 4.78 is 36.7. The average molecular weight is 298 g/mol. The molecule has 1 saturated heterocycles. The van der Waals surface area contributed by atoms with Crippen LogP contribution in [0.15, 0.2) is 24.5 Å². The number of hydrogen-bond acceptors (Lipinski definition) is 3. The fourth-order valence-electron chi connectivity index (χ4n) is 2.70. The minimum absolute atomic E-state index is 0.0872. The molecule has 0 spiro atoms. The molecule has 7 heteroatoms. The van der Waals surface area contributed by atoms with Crippen LogP contribution in [0.1, 0.15) is 6.42 Å². The van der Waals surface area contributed by atoms with Crippen molar-refractivity contribution in [1.29, 1.82) is 0 Å². The van der Waals surface area contributed by atoms with Gasteiger partial charge in [-0.3, -0.25) is 4.90 Å². The third-order valence-corrected chi connectivity index (χ3v) is 3.85. The molecule has 3 rings (SSSR count). The van der Waals surface area contributed by atoms with E-state index >= 15 is 0 Å². The molecule has 1 aliphatic rings. The van der Waals surface area contributed by atoms with Crippen LogP contribution in [0.2, 0.25) is 0 Å². The van der Waals surface area contributed by atoms with Gasteiger partial charge < -0.3 is 9.88 Å². The molecular formula is C14H17F3N4. The largest absolute Gasteiger partial charge is 0.390 e. The predicted octanol–water partition coefficient (Wildman–Crippen LogP) is 2.64. The van der Waals surface area contributed by atoms with Gasteiger partial charge in [0.15, 0.2) is 0 Å². The van der Waals surface area contributed by atoms with Crippen LogP contribution in [0, 0.1) is 0 Å². The highest BCUT2D eigenvalue weighted by Gasteiger charge is 2.29. The van der Waals surface area contributed by atoms with Gasteiger partial charge in [-0.05, 0) is 12.1 Å². The monoisotopic (exact) mass is 298 g/mol. The number of alkyl halides is 3. The van der Waals surface area contributed by atoms with Gasteiger partial charge in [0.1, 0.15) is 5.52 Å². The number of rotatable bonds is 3. The second-order valence-corrected chi connectivity index (χ2v) is 5.27. The first-order valence-electron chi connectivity index (χ1n) is 6.99. The molecule has 1 N–H and O–H groups in total. The number of nitrogens with zero attached hydrogens (tertiary/aromatic N) is 3. The molecule has 1 aromatic carbocycles. The van der Waals surface area contributed by atoms with Crippen LogP contribution < -0.4 is 4.90 Å². The van der Waals surface area contributed by atoms with Gasteiger partial charge >= 0.3 is 6.18 Å². The number of H-pyrrole nitrogens is 1. The third kappa shape index (κ3) is 3.29. The Morgan fingerprint density at radius 2 is 1.90 bits per heavy atom. The van der Waals surface area contributed by atoms with Crippen molar-refractivity contribution < 1.29 is 13.2 Å². The van der Waals surface area contributed by atoms with E-state index in [1.165, 1.54) is 0 Å². The van der Waals surface area contributed by atoms with Gasteiger partial charge in [-0.25, -0.2) is 4.98 Å². The smallest absolute Gasteiger partial charge is 0.367 e. The topological polar surface area (TPSA) is 35.2 Å². The average Bonchev–Trinajstić information content (AvgIpc) is 2.93. The van der Waals surface area contributed by atoms with Crippen molar-refractivity contribution >= 4 is 16.7 Å². The molecule has 0 radical (unpaired) electrons. The van der Waals surface area contributed by atoms with E-state index in [0.717, 1.165) is 29.8 Å². The molecule has 0 bridgehead atoms. The molecular weight excluding hydrogens is 281 g/mol. The molecule has 0 aliphatic carbocycles. The summed E-state index contributed by atoms with van der Waals surface area (Å²) in [7, 11) is 0. The molecule has 0 atom stereocenters. The molecule has 0 amide bonds. The van der Waals surface area contributed by atoms with E-state index in [0.29, 0.717) is 13.1 Å². The summed E-state index contributed by atoms with van der Waals surface area (Å²) in [6, 6.07) is 5.94. The second kappa shape index (κ2) is 5.55. The van der Waals surface area contributed by atoms with Crippen molar-refractivity contribution in [2.45, 2.75) is 12.6 Å². The van der Waals surface area contributed by atoms with Gasteiger partial charge in [0.2, 0.25) is 0 Å². The van der Waals surface area contributed by atoms with Crippen LogP contribution in [-0.2, 0) is 0 Å². The summed E-state index contributed by atoms with van der Waals surface area (Å²) >= 11 is 0. The van der Waals surface area contributed by atoms with Crippen molar-refractivity contribution in [3.8, 4) is 0 Å². The Hall–Kier alpha value is -1.76. The van der Waals surface area contributed by atoms with E-state index in [4.69, 9.17) is 0 Å². The van der Waals surface area contributed by atoms with Crippen molar-refractivity contribution in [2.24, 2.45) is 0 Å². The first-order valence-corrected chi connectivity index (χ1v) is 6.99. The minimum Gasteiger partial charge on any atom is -0.367 e. The van der Waals surface area contributed by atoms with E-state index in [-0.39, 0.29) is 6.54 Å². The van der Waals surface area contributed by atoms with Crippen molar-refractivity contribution in [1.82, 2.24) is 14.9 Å². The van der Waals surface area contributed by atoms with Gasteiger partial charge in [-0.1, -0.05) is 6.07 Å². The highest BCUT2D eigenvalue weighted by atomic mass is 19.4. The summed E-state index contributed by atoms with van der Waals surface area (Å²) in [5, 5.41) is 0. The summed E-state index contributed by atoms with van der Waals surface area (Å²) in [5.41, 5.74) is 2.94. The Bertz CT molecular complexity index is 600. The van der Waals surface area contributed by atoms with Crippen LogP contribution in [-0.4, -0.2) is 53.8 Å². The number of imidazole rings is 1. The standard InChI is InChI=1S/C14H17F3N4/c15-14(16,17)4-5-20-6-8-21(9-7-20)12-3-1-2-11-13(12)19-10-18-11/h1-3,10H,4-9H2,(H,18,19). The van der Waals surface area contributed by atoms with Crippen molar-refractivity contribution in [3.05, 3.63) is 24.5 Å². The van der Waals surface area contributed by atoms with E-state index < -0.39 is 12.6 Å². The van der Waals surface area contributed by atoms with Gasteiger partial charge in [0.05, 0.1) is 24.0 Å². The first-order chi connectivity index (χ1) is 10.0. The highest BCUT2D eigenvalue weighted by molar-refractivity contribution is 5.88. The number of halogens is 3. The molecule has 0 unspecified atom stereocenters. The fraction of sp³-hybridized carbons (Fsp3) is 0.500. The molecule has 21 heavy (non-hydrogen) atoms. The number of para-hydroxylation sites is 1. The Morgan fingerprint density at radius 1 is 1.14 bits per heavy atom. The SMILES string of the molecule is FC(F)(F)CCN1CCN(c2cccc3[nH]cnc23)CC1. The van der Waals surface area contributed by atoms with Gasteiger partial charge in [0, 0.05) is 32.7 Å². The quantitative estimate of drug-likeness (QED) is 0.946. The van der Waals surface area contributed by atoms with E-state index in [1.54, 1.807) is 6.33 Å². The molecule has 0 saturated carbocycles. The lowest BCUT2D eigenvalue weighted by Gasteiger charge is -2.36. The predicted molar refractivity (Wildman–Crippen MR) is 75.4 cm³/mol. The number of aromatic nitrogens is 2. The number of fused-ring (bicyclic) bond motifs is 1. The highest BCUT2D eigenvalue weighted by Crippen LogP contribution is 2.25. The molecule has 1 aliphatic heterocycles. The Morgan fingerprint density at radius 3 is 2.62 bits per heavy atom. The van der Waals surface area contributed by atoms with E-state index in [1.807, 2.05) is 23.1 Å². The van der Waals surface area contributed by atoms with Crippen molar-refractivity contribution in [3.63, 3.8) is 0 Å². The molecule has 1 aromatic heterocycles. The number of anilines is 1. The molecule has 114 valence electrons. The third-order valence-electron chi connectivity index (χ3n) is 3.85. The number of aromatic amines is 1. The molecule has 2 aromatic rings. The number of benzene rings is 1. The zero-order chi connectivity index (χ0) is 14.9. The molecule has 2 heterocycles.